The first-order valence-corrected chi connectivity index (χ1v) is 11.3. The van der Waals surface area contributed by atoms with Crippen molar-refractivity contribution in [3.8, 4) is 11.5 Å². The van der Waals surface area contributed by atoms with Gasteiger partial charge >= 0.3 is 5.69 Å². The molecule has 0 aliphatic rings. The fourth-order valence-electron chi connectivity index (χ4n) is 4.03. The number of carbonyl (C=O) groups is 1. The Morgan fingerprint density at radius 2 is 1.73 bits per heavy atom. The molecule has 10 nitrogen and oxygen atoms in total. The van der Waals surface area contributed by atoms with E-state index in [0.29, 0.717) is 27.7 Å². The molecule has 5 rings (SSSR count). The summed E-state index contributed by atoms with van der Waals surface area (Å²) in [4.78, 5) is 41.4. The molecule has 0 unspecified atom stereocenters. The summed E-state index contributed by atoms with van der Waals surface area (Å²) in [6, 6.07) is 20.6. The van der Waals surface area contributed by atoms with Crippen molar-refractivity contribution in [1.29, 1.82) is 0 Å². The molecular formula is C27H21N5O5. The molecule has 0 aliphatic heterocycles. The lowest BCUT2D eigenvalue weighted by molar-refractivity contribution is 0.0948. The van der Waals surface area contributed by atoms with Crippen LogP contribution in [0.15, 0.2) is 92.6 Å². The average molecular weight is 495 g/mol. The topological polar surface area (TPSA) is 149 Å². The standard InChI is InChI=1S/C27H21N5O5/c1-37-22-9-5-3-7-16(22)14-28-25(34)20-12-15-6-2-4-8-18(15)23(24(20)33)32-31-17-10-11-21-19(13-17)26(35)30-27(36)29-21/h2-13,33H,14H2,1H3,(H,28,34)(H2,29,30,35,36). The molecule has 4 aromatic carbocycles. The van der Waals surface area contributed by atoms with Crippen molar-refractivity contribution in [2.45, 2.75) is 6.54 Å². The van der Waals surface area contributed by atoms with E-state index in [-0.39, 0.29) is 28.9 Å². The maximum atomic E-state index is 13.1. The Hall–Kier alpha value is -5.25. The molecule has 4 N–H and O–H groups in total. The van der Waals surface area contributed by atoms with Gasteiger partial charge in [0.05, 0.1) is 29.3 Å². The van der Waals surface area contributed by atoms with Gasteiger partial charge in [0.15, 0.2) is 5.75 Å². The zero-order chi connectivity index (χ0) is 25.9. The van der Waals surface area contributed by atoms with E-state index in [0.717, 1.165) is 5.56 Å². The number of azo groups is 1. The number of methoxy groups -OCH3 is 1. The van der Waals surface area contributed by atoms with Crippen molar-refractivity contribution >= 4 is 39.0 Å². The molecule has 10 heteroatoms. The number of carbonyl (C=O) groups excluding carboxylic acids is 1. The Morgan fingerprint density at radius 1 is 0.946 bits per heavy atom. The molecule has 1 amide bonds. The second-order valence-corrected chi connectivity index (χ2v) is 8.18. The summed E-state index contributed by atoms with van der Waals surface area (Å²) in [7, 11) is 1.55. The third kappa shape index (κ3) is 4.67. The second-order valence-electron chi connectivity index (χ2n) is 8.18. The maximum absolute atomic E-state index is 13.1. The highest BCUT2D eigenvalue weighted by molar-refractivity contribution is 6.06. The fraction of sp³-hybridized carbons (Fsp3) is 0.0741. The van der Waals surface area contributed by atoms with Crippen LogP contribution in [-0.2, 0) is 6.54 Å². The Kier molecular flexibility index (Phi) is 6.21. The Bertz CT molecular complexity index is 1810. The van der Waals surface area contributed by atoms with Crippen molar-refractivity contribution in [1.82, 2.24) is 15.3 Å². The number of H-pyrrole nitrogens is 2. The van der Waals surface area contributed by atoms with E-state index >= 15 is 0 Å². The average Bonchev–Trinajstić information content (AvgIpc) is 2.91. The Labute approximate surface area is 209 Å². The van der Waals surface area contributed by atoms with Crippen LogP contribution in [0.4, 0.5) is 11.4 Å². The van der Waals surface area contributed by atoms with Gasteiger partial charge in [0, 0.05) is 17.5 Å². The highest BCUT2D eigenvalue weighted by Gasteiger charge is 2.18. The minimum absolute atomic E-state index is 0.0371. The molecule has 1 heterocycles. The van der Waals surface area contributed by atoms with E-state index in [1.54, 1.807) is 49.6 Å². The number of aromatic amines is 2. The van der Waals surface area contributed by atoms with Gasteiger partial charge in [-0.3, -0.25) is 14.6 Å². The quantitative estimate of drug-likeness (QED) is 0.257. The summed E-state index contributed by atoms with van der Waals surface area (Å²) in [5.41, 5.74) is 0.438. The van der Waals surface area contributed by atoms with Crippen LogP contribution in [-0.4, -0.2) is 28.1 Å². The van der Waals surface area contributed by atoms with Gasteiger partial charge in [0.1, 0.15) is 11.4 Å². The Balaban J connectivity index is 1.51. The number of hydrogen-bond donors (Lipinski definition) is 4. The van der Waals surface area contributed by atoms with E-state index in [4.69, 9.17) is 4.74 Å². The first-order valence-electron chi connectivity index (χ1n) is 11.3. The molecular weight excluding hydrogens is 474 g/mol. The summed E-state index contributed by atoms with van der Waals surface area (Å²) in [6.07, 6.45) is 0. The first-order chi connectivity index (χ1) is 17.9. The molecule has 5 aromatic rings. The van der Waals surface area contributed by atoms with Crippen molar-refractivity contribution in [2.24, 2.45) is 10.2 Å². The minimum Gasteiger partial charge on any atom is -0.505 e. The summed E-state index contributed by atoms with van der Waals surface area (Å²) in [5.74, 6) is -0.187. The normalized spacial score (nSPS) is 11.3. The molecule has 0 aliphatic carbocycles. The zero-order valence-corrected chi connectivity index (χ0v) is 19.6. The highest BCUT2D eigenvalue weighted by Crippen LogP contribution is 2.39. The maximum Gasteiger partial charge on any atom is 0.326 e. The number of hydrogen-bond acceptors (Lipinski definition) is 7. The summed E-state index contributed by atoms with van der Waals surface area (Å²) >= 11 is 0. The largest absolute Gasteiger partial charge is 0.505 e. The molecule has 37 heavy (non-hydrogen) atoms. The lowest BCUT2D eigenvalue weighted by Gasteiger charge is -2.12. The third-order valence-electron chi connectivity index (χ3n) is 5.86. The summed E-state index contributed by atoms with van der Waals surface area (Å²) in [5, 5.41) is 23.8. The number of amides is 1. The SMILES string of the molecule is COc1ccccc1CNC(=O)c1cc2ccccc2c(N=Nc2ccc3[nH]c(=O)[nH]c(=O)c3c2)c1O. The lowest BCUT2D eigenvalue weighted by atomic mass is 10.0. The molecule has 0 atom stereocenters. The second kappa shape index (κ2) is 9.78. The lowest BCUT2D eigenvalue weighted by Crippen LogP contribution is -2.23. The molecule has 0 saturated heterocycles. The first kappa shape index (κ1) is 23.5. The van der Waals surface area contributed by atoms with E-state index in [2.05, 4.69) is 25.5 Å². The number of para-hydroxylation sites is 1. The molecule has 0 fully saturated rings. The van der Waals surface area contributed by atoms with Gasteiger partial charge in [0.2, 0.25) is 0 Å². The van der Waals surface area contributed by atoms with Crippen LogP contribution in [0.3, 0.4) is 0 Å². The van der Waals surface area contributed by atoms with Crippen LogP contribution in [0.2, 0.25) is 0 Å². The predicted octanol–water partition coefficient (Wildman–Crippen LogP) is 4.43. The van der Waals surface area contributed by atoms with Crippen LogP contribution in [0.1, 0.15) is 15.9 Å². The number of phenols is 1. The molecule has 0 bridgehead atoms. The summed E-state index contributed by atoms with van der Waals surface area (Å²) in [6.45, 7) is 0.194. The number of aromatic hydroxyl groups is 1. The van der Waals surface area contributed by atoms with Crippen molar-refractivity contribution in [2.75, 3.05) is 7.11 Å². The molecule has 0 radical (unpaired) electrons. The summed E-state index contributed by atoms with van der Waals surface area (Å²) < 4.78 is 5.33. The molecule has 1 aromatic heterocycles. The van der Waals surface area contributed by atoms with Gasteiger partial charge in [-0.15, -0.1) is 5.11 Å². The number of nitrogens with zero attached hydrogens (tertiary/aromatic N) is 2. The van der Waals surface area contributed by atoms with Gasteiger partial charge in [-0.25, -0.2) is 4.79 Å². The molecule has 0 spiro atoms. The van der Waals surface area contributed by atoms with Gasteiger partial charge in [-0.05, 0) is 35.7 Å². The van der Waals surface area contributed by atoms with Crippen LogP contribution in [0.5, 0.6) is 11.5 Å². The molecule has 184 valence electrons. The van der Waals surface area contributed by atoms with Crippen LogP contribution >= 0.6 is 0 Å². The van der Waals surface area contributed by atoms with E-state index < -0.39 is 17.2 Å². The number of rotatable bonds is 6. The number of nitrogens with one attached hydrogen (secondary N) is 3. The number of ether oxygens (including phenoxy) is 1. The number of benzene rings is 4. The smallest absolute Gasteiger partial charge is 0.326 e. The predicted molar refractivity (Wildman–Crippen MR) is 139 cm³/mol. The number of aromatic nitrogens is 2. The Morgan fingerprint density at radius 3 is 2.57 bits per heavy atom. The van der Waals surface area contributed by atoms with Gasteiger partial charge in [0.25, 0.3) is 11.5 Å². The van der Waals surface area contributed by atoms with E-state index in [9.17, 15) is 19.5 Å². The van der Waals surface area contributed by atoms with Crippen molar-refractivity contribution < 1.29 is 14.6 Å². The van der Waals surface area contributed by atoms with Crippen LogP contribution in [0.25, 0.3) is 21.7 Å². The zero-order valence-electron chi connectivity index (χ0n) is 19.6. The third-order valence-corrected chi connectivity index (χ3v) is 5.86. The number of fused-ring (bicyclic) bond motifs is 2. The van der Waals surface area contributed by atoms with Gasteiger partial charge in [-0.2, -0.15) is 5.11 Å². The van der Waals surface area contributed by atoms with Crippen molar-refractivity contribution in [3.05, 3.63) is 105 Å². The van der Waals surface area contributed by atoms with Crippen LogP contribution < -0.4 is 21.3 Å². The van der Waals surface area contributed by atoms with E-state index in [1.807, 2.05) is 24.3 Å². The fourth-order valence-corrected chi connectivity index (χ4v) is 4.03. The minimum atomic E-state index is -0.607. The monoisotopic (exact) mass is 495 g/mol. The number of phenolic OH excluding ortho intramolecular Hbond substituents is 1. The molecule has 0 saturated carbocycles. The van der Waals surface area contributed by atoms with Gasteiger partial charge in [-0.1, -0.05) is 42.5 Å². The van der Waals surface area contributed by atoms with E-state index in [1.165, 1.54) is 6.07 Å². The van der Waals surface area contributed by atoms with Gasteiger partial charge < -0.3 is 20.1 Å². The van der Waals surface area contributed by atoms with Crippen molar-refractivity contribution in [3.63, 3.8) is 0 Å². The highest BCUT2D eigenvalue weighted by atomic mass is 16.5. The van der Waals surface area contributed by atoms with Crippen LogP contribution in [0, 0.1) is 0 Å².